The Kier molecular flexibility index (Phi) is 4.79. The van der Waals surface area contributed by atoms with Crippen LogP contribution in [0.3, 0.4) is 0 Å². The Bertz CT molecular complexity index is 898. The Balaban J connectivity index is 1.72. The molecule has 1 N–H and O–H groups in total. The molecule has 0 unspecified atom stereocenters. The number of benzene rings is 2. The summed E-state index contributed by atoms with van der Waals surface area (Å²) in [5.41, 5.74) is 3.44. The van der Waals surface area contributed by atoms with E-state index >= 15 is 0 Å². The molecule has 0 aliphatic heterocycles. The molecule has 1 heterocycles. The van der Waals surface area contributed by atoms with Crippen molar-refractivity contribution in [1.82, 2.24) is 15.0 Å². The smallest absolute Gasteiger partial charge is 0.333 e. The van der Waals surface area contributed by atoms with E-state index in [1.807, 2.05) is 36.4 Å². The highest BCUT2D eigenvalue weighted by atomic mass is 16.5. The van der Waals surface area contributed by atoms with Crippen LogP contribution in [0.25, 0.3) is 16.7 Å². The number of esters is 1. The van der Waals surface area contributed by atoms with Crippen LogP contribution in [-0.2, 0) is 16.0 Å². The van der Waals surface area contributed by atoms with Crippen molar-refractivity contribution >= 4 is 17.0 Å². The molecule has 0 fully saturated rings. The summed E-state index contributed by atoms with van der Waals surface area (Å²) in [4.78, 5) is 12.8. The third kappa shape index (κ3) is 3.85. The summed E-state index contributed by atoms with van der Waals surface area (Å²) < 4.78 is 5.09. The maximum atomic E-state index is 11.3. The van der Waals surface area contributed by atoms with Crippen molar-refractivity contribution in [2.75, 3.05) is 6.61 Å². The molecule has 0 radical (unpaired) electrons. The Labute approximate surface area is 145 Å². The first kappa shape index (κ1) is 16.7. The van der Waals surface area contributed by atoms with E-state index in [0.717, 1.165) is 16.6 Å². The highest BCUT2D eigenvalue weighted by Crippen LogP contribution is 2.23. The number of hydrogen-bond donors (Lipinski definition) is 1. The average molecular weight is 337 g/mol. The maximum absolute atomic E-state index is 11.3. The molecule has 1 aromatic heterocycles. The van der Waals surface area contributed by atoms with Gasteiger partial charge in [0.25, 0.3) is 0 Å². The van der Waals surface area contributed by atoms with E-state index in [2.05, 4.69) is 16.8 Å². The third-order valence-corrected chi connectivity index (χ3v) is 3.73. The molecule has 2 aromatic carbocycles. The number of rotatable bonds is 6. The molecule has 3 rings (SSSR count). The van der Waals surface area contributed by atoms with Gasteiger partial charge < -0.3 is 9.84 Å². The zero-order valence-electron chi connectivity index (χ0n) is 14.0. The molecule has 0 aliphatic rings. The fraction of sp³-hybridized carbons (Fsp3) is 0.211. The summed E-state index contributed by atoms with van der Waals surface area (Å²) in [5, 5.41) is 18.9. The number of aromatic nitrogens is 3. The van der Waals surface area contributed by atoms with Crippen LogP contribution in [0.1, 0.15) is 18.9 Å². The number of carbonyl (C=O) groups is 1. The predicted molar refractivity (Wildman–Crippen MR) is 94.6 cm³/mol. The van der Waals surface area contributed by atoms with Gasteiger partial charge in [0.15, 0.2) is 0 Å². The zero-order valence-corrected chi connectivity index (χ0v) is 14.0. The summed E-state index contributed by atoms with van der Waals surface area (Å²) >= 11 is 0. The van der Waals surface area contributed by atoms with E-state index in [4.69, 9.17) is 4.74 Å². The van der Waals surface area contributed by atoms with Crippen molar-refractivity contribution in [3.05, 3.63) is 60.2 Å². The summed E-state index contributed by atoms with van der Waals surface area (Å²) in [5.74, 6) is -0.267. The quantitative estimate of drug-likeness (QED) is 0.425. The molecule has 0 atom stereocenters. The van der Waals surface area contributed by atoms with E-state index in [0.29, 0.717) is 30.7 Å². The van der Waals surface area contributed by atoms with Gasteiger partial charge in [0.2, 0.25) is 0 Å². The summed E-state index contributed by atoms with van der Waals surface area (Å²) in [6.07, 6.45) is 1.38. The molecule has 3 aromatic rings. The van der Waals surface area contributed by atoms with Gasteiger partial charge in [-0.2, -0.15) is 0 Å². The lowest BCUT2D eigenvalue weighted by molar-refractivity contribution is -0.139. The van der Waals surface area contributed by atoms with Crippen molar-refractivity contribution < 1.29 is 14.6 Å². The van der Waals surface area contributed by atoms with Crippen LogP contribution >= 0.6 is 0 Å². The van der Waals surface area contributed by atoms with E-state index < -0.39 is 0 Å². The second-order valence-electron chi connectivity index (χ2n) is 5.82. The van der Waals surface area contributed by atoms with Gasteiger partial charge in [0.1, 0.15) is 22.5 Å². The van der Waals surface area contributed by atoms with Crippen molar-refractivity contribution in [2.45, 2.75) is 19.8 Å². The Hall–Kier alpha value is -3.15. The van der Waals surface area contributed by atoms with Crippen LogP contribution in [-0.4, -0.2) is 32.7 Å². The van der Waals surface area contributed by atoms with E-state index in [1.165, 1.54) is 4.80 Å². The summed E-state index contributed by atoms with van der Waals surface area (Å²) in [6, 6.07) is 12.8. The summed E-state index contributed by atoms with van der Waals surface area (Å²) in [6.45, 7) is 5.49. The number of hydrogen-bond acceptors (Lipinski definition) is 5. The van der Waals surface area contributed by atoms with Crippen LogP contribution in [0, 0.1) is 0 Å². The minimum absolute atomic E-state index is 0.109. The number of nitrogens with zero attached hydrogens (tertiary/aromatic N) is 3. The first-order chi connectivity index (χ1) is 12.0. The normalized spacial score (nSPS) is 10.8. The van der Waals surface area contributed by atoms with Gasteiger partial charge in [0.05, 0.1) is 6.61 Å². The Morgan fingerprint density at radius 2 is 1.88 bits per heavy atom. The first-order valence-electron chi connectivity index (χ1n) is 8.01. The largest absolute Gasteiger partial charge is 0.506 e. The number of aryl methyl sites for hydroxylation is 1. The highest BCUT2D eigenvalue weighted by molar-refractivity contribution is 5.86. The molecular weight excluding hydrogens is 318 g/mol. The molecule has 0 spiro atoms. The van der Waals surface area contributed by atoms with Gasteiger partial charge in [-0.05, 0) is 49.6 Å². The van der Waals surface area contributed by atoms with E-state index in [1.54, 1.807) is 13.0 Å². The van der Waals surface area contributed by atoms with Crippen LogP contribution in [0.5, 0.6) is 5.75 Å². The lowest BCUT2D eigenvalue weighted by Crippen LogP contribution is -2.07. The minimum Gasteiger partial charge on any atom is -0.506 e. The van der Waals surface area contributed by atoms with Gasteiger partial charge in [0, 0.05) is 5.57 Å². The van der Waals surface area contributed by atoms with Crippen LogP contribution in [0.4, 0.5) is 0 Å². The predicted octanol–water partition coefficient (Wildman–Crippen LogP) is 3.18. The average Bonchev–Trinajstić information content (AvgIpc) is 3.03. The van der Waals surface area contributed by atoms with Gasteiger partial charge in [-0.15, -0.1) is 15.0 Å². The molecule has 6 heteroatoms. The SMILES string of the molecule is C=C(C)C(=O)OCCCc1ccc(O)c(-n2nc3ccccc3n2)c1. The van der Waals surface area contributed by atoms with E-state index in [-0.39, 0.29) is 11.7 Å². The molecule has 0 saturated carbocycles. The molecule has 0 saturated heterocycles. The van der Waals surface area contributed by atoms with Crippen LogP contribution in [0.2, 0.25) is 0 Å². The number of ether oxygens (including phenoxy) is 1. The molecule has 128 valence electrons. The van der Waals surface area contributed by atoms with Crippen molar-refractivity contribution in [3.8, 4) is 11.4 Å². The standard InChI is InChI=1S/C19H19N3O3/c1-13(2)19(24)25-11-5-6-14-9-10-18(23)17(12-14)22-20-15-7-3-4-8-16(15)21-22/h3-4,7-10,12,23H,1,5-6,11H2,2H3. The molecule has 25 heavy (non-hydrogen) atoms. The van der Waals surface area contributed by atoms with Gasteiger partial charge in [-0.3, -0.25) is 0 Å². The van der Waals surface area contributed by atoms with Crippen LogP contribution < -0.4 is 0 Å². The van der Waals surface area contributed by atoms with Crippen molar-refractivity contribution in [1.29, 1.82) is 0 Å². The monoisotopic (exact) mass is 337 g/mol. The second-order valence-corrected chi connectivity index (χ2v) is 5.82. The third-order valence-electron chi connectivity index (χ3n) is 3.73. The second kappa shape index (κ2) is 7.17. The number of phenolic OH excluding ortho intramolecular Hbond substituents is 1. The number of fused-ring (bicyclic) bond motifs is 1. The lowest BCUT2D eigenvalue weighted by atomic mass is 10.1. The van der Waals surface area contributed by atoms with Crippen molar-refractivity contribution in [3.63, 3.8) is 0 Å². The zero-order chi connectivity index (χ0) is 17.8. The minimum atomic E-state index is -0.376. The fourth-order valence-corrected chi connectivity index (χ4v) is 2.42. The molecule has 6 nitrogen and oxygen atoms in total. The molecule has 0 amide bonds. The lowest BCUT2D eigenvalue weighted by Gasteiger charge is -2.07. The fourth-order valence-electron chi connectivity index (χ4n) is 2.42. The highest BCUT2D eigenvalue weighted by Gasteiger charge is 2.10. The van der Waals surface area contributed by atoms with Crippen LogP contribution in [0.15, 0.2) is 54.6 Å². The maximum Gasteiger partial charge on any atom is 0.333 e. The first-order valence-corrected chi connectivity index (χ1v) is 8.01. The number of carbonyl (C=O) groups excluding carboxylic acids is 1. The number of aromatic hydroxyl groups is 1. The number of phenols is 1. The topological polar surface area (TPSA) is 77.2 Å². The van der Waals surface area contributed by atoms with Gasteiger partial charge in [-0.25, -0.2) is 4.79 Å². The molecule has 0 aliphatic carbocycles. The van der Waals surface area contributed by atoms with E-state index in [9.17, 15) is 9.90 Å². The molecule has 0 bridgehead atoms. The summed E-state index contributed by atoms with van der Waals surface area (Å²) in [7, 11) is 0. The Morgan fingerprint density at radius 1 is 1.20 bits per heavy atom. The Morgan fingerprint density at radius 3 is 2.52 bits per heavy atom. The van der Waals surface area contributed by atoms with Crippen molar-refractivity contribution in [2.24, 2.45) is 0 Å². The van der Waals surface area contributed by atoms with Gasteiger partial charge in [-0.1, -0.05) is 24.8 Å². The molecular formula is C19H19N3O3. The van der Waals surface area contributed by atoms with Gasteiger partial charge >= 0.3 is 5.97 Å².